The van der Waals surface area contributed by atoms with Gasteiger partial charge >= 0.3 is 0 Å². The van der Waals surface area contributed by atoms with Crippen molar-refractivity contribution in [2.75, 3.05) is 19.7 Å². The molecule has 0 amide bonds. The van der Waals surface area contributed by atoms with Gasteiger partial charge in [-0.2, -0.15) is 5.10 Å². The van der Waals surface area contributed by atoms with Crippen LogP contribution < -0.4 is 5.32 Å². The van der Waals surface area contributed by atoms with Crippen molar-refractivity contribution < 1.29 is 9.84 Å². The van der Waals surface area contributed by atoms with Gasteiger partial charge in [0.15, 0.2) is 0 Å². The van der Waals surface area contributed by atoms with Gasteiger partial charge < -0.3 is 15.2 Å². The first-order valence-corrected chi connectivity index (χ1v) is 7.23. The molecule has 5 heteroatoms. The average molecular weight is 289 g/mol. The highest BCUT2D eigenvalue weighted by Gasteiger charge is 2.04. The summed E-state index contributed by atoms with van der Waals surface area (Å²) in [6, 6.07) is 12.0. The van der Waals surface area contributed by atoms with E-state index in [0.717, 1.165) is 24.2 Å². The summed E-state index contributed by atoms with van der Waals surface area (Å²) >= 11 is 0. The third-order valence-electron chi connectivity index (χ3n) is 3.13. The summed E-state index contributed by atoms with van der Waals surface area (Å²) in [6.07, 6.45) is 2.30. The lowest BCUT2D eigenvalue weighted by molar-refractivity contribution is 0.0290. The molecule has 1 heterocycles. The summed E-state index contributed by atoms with van der Waals surface area (Å²) in [5.74, 6) is 0. The SMILES string of the molecule is Cn1ccc(CCNCC(O)COCc2ccccc2)n1. The molecule has 1 aromatic heterocycles. The molecule has 0 aliphatic rings. The van der Waals surface area contributed by atoms with Crippen molar-refractivity contribution in [3.8, 4) is 0 Å². The molecule has 0 saturated carbocycles. The first kappa shape index (κ1) is 15.7. The molecule has 0 saturated heterocycles. The van der Waals surface area contributed by atoms with Gasteiger partial charge in [-0.1, -0.05) is 30.3 Å². The highest BCUT2D eigenvalue weighted by molar-refractivity contribution is 5.13. The summed E-state index contributed by atoms with van der Waals surface area (Å²) < 4.78 is 7.29. The van der Waals surface area contributed by atoms with E-state index in [1.807, 2.05) is 49.6 Å². The van der Waals surface area contributed by atoms with Crippen LogP contribution in [0.3, 0.4) is 0 Å². The molecular formula is C16H23N3O2. The molecule has 21 heavy (non-hydrogen) atoms. The minimum atomic E-state index is -0.488. The van der Waals surface area contributed by atoms with E-state index < -0.39 is 6.10 Å². The molecule has 2 aromatic rings. The topological polar surface area (TPSA) is 59.3 Å². The Kier molecular flexibility index (Phi) is 6.40. The molecule has 0 aliphatic heterocycles. The fourth-order valence-electron chi connectivity index (χ4n) is 2.03. The Morgan fingerprint density at radius 3 is 2.81 bits per heavy atom. The zero-order chi connectivity index (χ0) is 14.9. The predicted octanol–water partition coefficient (Wildman–Crippen LogP) is 1.13. The lowest BCUT2D eigenvalue weighted by Gasteiger charge is -2.12. The van der Waals surface area contributed by atoms with Crippen LogP contribution in [0, 0.1) is 0 Å². The standard InChI is InChI=1S/C16H23N3O2/c1-19-10-8-15(18-19)7-9-17-11-16(20)13-21-12-14-5-3-2-4-6-14/h2-6,8,10,16-17,20H,7,9,11-13H2,1H3. The highest BCUT2D eigenvalue weighted by atomic mass is 16.5. The normalized spacial score (nSPS) is 12.5. The van der Waals surface area contributed by atoms with Gasteiger partial charge in [0.25, 0.3) is 0 Å². The molecule has 1 atom stereocenters. The maximum atomic E-state index is 9.82. The van der Waals surface area contributed by atoms with E-state index in [4.69, 9.17) is 4.74 Å². The minimum absolute atomic E-state index is 0.339. The summed E-state index contributed by atoms with van der Waals surface area (Å²) in [4.78, 5) is 0. The number of benzene rings is 1. The number of aliphatic hydroxyl groups excluding tert-OH is 1. The molecule has 0 bridgehead atoms. The molecule has 5 nitrogen and oxygen atoms in total. The van der Waals surface area contributed by atoms with E-state index in [-0.39, 0.29) is 0 Å². The minimum Gasteiger partial charge on any atom is -0.389 e. The van der Waals surface area contributed by atoms with Crippen LogP contribution in [0.25, 0.3) is 0 Å². The van der Waals surface area contributed by atoms with Crippen LogP contribution in [0.15, 0.2) is 42.6 Å². The van der Waals surface area contributed by atoms with Crippen LogP contribution >= 0.6 is 0 Å². The second-order valence-electron chi connectivity index (χ2n) is 5.09. The van der Waals surface area contributed by atoms with E-state index in [1.165, 1.54) is 0 Å². The largest absolute Gasteiger partial charge is 0.389 e. The van der Waals surface area contributed by atoms with Crippen molar-refractivity contribution in [1.29, 1.82) is 0 Å². The van der Waals surface area contributed by atoms with Gasteiger partial charge in [0, 0.05) is 32.8 Å². The van der Waals surface area contributed by atoms with Crippen LogP contribution in [-0.4, -0.2) is 40.7 Å². The first-order valence-electron chi connectivity index (χ1n) is 7.23. The van der Waals surface area contributed by atoms with Gasteiger partial charge in [0.2, 0.25) is 0 Å². The molecule has 2 N–H and O–H groups in total. The molecule has 114 valence electrons. The number of aliphatic hydroxyl groups is 1. The molecular weight excluding hydrogens is 266 g/mol. The van der Waals surface area contributed by atoms with E-state index in [1.54, 1.807) is 4.68 Å². The molecule has 0 aliphatic carbocycles. The Morgan fingerprint density at radius 2 is 2.10 bits per heavy atom. The summed E-state index contributed by atoms with van der Waals surface area (Å²) in [5, 5.41) is 17.3. The Morgan fingerprint density at radius 1 is 1.29 bits per heavy atom. The Bertz CT molecular complexity index is 513. The molecule has 1 aromatic carbocycles. The number of aryl methyl sites for hydroxylation is 1. The third kappa shape index (κ3) is 6.08. The Labute approximate surface area is 125 Å². The van der Waals surface area contributed by atoms with Crippen molar-refractivity contribution >= 4 is 0 Å². The molecule has 2 rings (SSSR count). The van der Waals surface area contributed by atoms with Gasteiger partial charge in [0.05, 0.1) is 25.0 Å². The number of nitrogens with one attached hydrogen (secondary N) is 1. The summed E-state index contributed by atoms with van der Waals surface area (Å²) in [5.41, 5.74) is 2.17. The van der Waals surface area contributed by atoms with Gasteiger partial charge in [-0.3, -0.25) is 4.68 Å². The number of nitrogens with zero attached hydrogens (tertiary/aromatic N) is 2. The number of aromatic nitrogens is 2. The monoisotopic (exact) mass is 289 g/mol. The molecule has 1 unspecified atom stereocenters. The van der Waals surface area contributed by atoms with E-state index in [0.29, 0.717) is 19.8 Å². The number of rotatable bonds is 9. The second kappa shape index (κ2) is 8.56. The number of hydrogen-bond donors (Lipinski definition) is 2. The molecule has 0 spiro atoms. The van der Waals surface area contributed by atoms with Gasteiger partial charge in [-0.25, -0.2) is 0 Å². The predicted molar refractivity (Wildman–Crippen MR) is 81.9 cm³/mol. The number of hydrogen-bond acceptors (Lipinski definition) is 4. The quantitative estimate of drug-likeness (QED) is 0.679. The van der Waals surface area contributed by atoms with Crippen LogP contribution in [-0.2, 0) is 24.8 Å². The fraction of sp³-hybridized carbons (Fsp3) is 0.438. The Balaban J connectivity index is 1.52. The maximum Gasteiger partial charge on any atom is 0.0897 e. The highest BCUT2D eigenvalue weighted by Crippen LogP contribution is 2.00. The lowest BCUT2D eigenvalue weighted by atomic mass is 10.2. The van der Waals surface area contributed by atoms with E-state index >= 15 is 0 Å². The third-order valence-corrected chi connectivity index (χ3v) is 3.13. The maximum absolute atomic E-state index is 9.82. The van der Waals surface area contributed by atoms with Crippen molar-refractivity contribution in [2.24, 2.45) is 7.05 Å². The summed E-state index contributed by atoms with van der Waals surface area (Å²) in [7, 11) is 1.91. The van der Waals surface area contributed by atoms with E-state index in [2.05, 4.69) is 10.4 Å². The zero-order valence-electron chi connectivity index (χ0n) is 12.4. The molecule has 0 radical (unpaired) electrons. The van der Waals surface area contributed by atoms with Crippen molar-refractivity contribution in [3.05, 3.63) is 53.9 Å². The van der Waals surface area contributed by atoms with Crippen LogP contribution in [0.5, 0.6) is 0 Å². The summed E-state index contributed by atoms with van der Waals surface area (Å²) in [6.45, 7) is 2.20. The van der Waals surface area contributed by atoms with Crippen LogP contribution in [0.1, 0.15) is 11.3 Å². The zero-order valence-corrected chi connectivity index (χ0v) is 12.4. The Hall–Kier alpha value is -1.69. The average Bonchev–Trinajstić information content (AvgIpc) is 2.90. The smallest absolute Gasteiger partial charge is 0.0897 e. The second-order valence-corrected chi connectivity index (χ2v) is 5.09. The fourth-order valence-corrected chi connectivity index (χ4v) is 2.03. The van der Waals surface area contributed by atoms with Gasteiger partial charge in [-0.15, -0.1) is 0 Å². The van der Waals surface area contributed by atoms with Gasteiger partial charge in [0.1, 0.15) is 0 Å². The van der Waals surface area contributed by atoms with Crippen LogP contribution in [0.4, 0.5) is 0 Å². The number of ether oxygens (including phenoxy) is 1. The van der Waals surface area contributed by atoms with E-state index in [9.17, 15) is 5.11 Å². The van der Waals surface area contributed by atoms with Crippen LogP contribution in [0.2, 0.25) is 0 Å². The first-order chi connectivity index (χ1) is 10.2. The van der Waals surface area contributed by atoms with Gasteiger partial charge in [-0.05, 0) is 11.6 Å². The lowest BCUT2D eigenvalue weighted by Crippen LogP contribution is -2.31. The van der Waals surface area contributed by atoms with Crippen molar-refractivity contribution in [2.45, 2.75) is 19.1 Å². The van der Waals surface area contributed by atoms with Crippen molar-refractivity contribution in [3.63, 3.8) is 0 Å². The molecule has 0 fully saturated rings. The van der Waals surface area contributed by atoms with Crippen molar-refractivity contribution in [1.82, 2.24) is 15.1 Å².